The first-order valence-electron chi connectivity index (χ1n) is 10.1. The zero-order chi connectivity index (χ0) is 19.2. The van der Waals surface area contributed by atoms with Gasteiger partial charge in [-0.3, -0.25) is 4.99 Å². The molecule has 4 rings (SSSR count). The van der Waals surface area contributed by atoms with E-state index in [4.69, 9.17) is 9.47 Å². The third-order valence-corrected chi connectivity index (χ3v) is 5.10. The highest BCUT2D eigenvalue weighted by Gasteiger charge is 2.22. The summed E-state index contributed by atoms with van der Waals surface area (Å²) in [5.74, 6) is 3.27. The molecule has 2 heterocycles. The normalized spacial score (nSPS) is 15.1. The lowest BCUT2D eigenvalue weighted by atomic mass is 10.1. The van der Waals surface area contributed by atoms with Crippen LogP contribution in [0.4, 0.5) is 0 Å². The molecule has 156 valence electrons. The third-order valence-electron chi connectivity index (χ3n) is 5.10. The van der Waals surface area contributed by atoms with Crippen LogP contribution >= 0.6 is 24.0 Å². The van der Waals surface area contributed by atoms with E-state index in [1.807, 2.05) is 18.3 Å². The van der Waals surface area contributed by atoms with E-state index in [-0.39, 0.29) is 24.0 Å². The zero-order valence-corrected chi connectivity index (χ0v) is 19.1. The molecule has 2 aliphatic rings. The smallest absolute Gasteiger partial charge is 0.213 e. The Morgan fingerprint density at radius 3 is 2.83 bits per heavy atom. The van der Waals surface area contributed by atoms with Crippen LogP contribution < -0.4 is 20.1 Å². The zero-order valence-electron chi connectivity index (χ0n) is 16.8. The summed E-state index contributed by atoms with van der Waals surface area (Å²) in [7, 11) is 1.79. The minimum absolute atomic E-state index is 0. The third kappa shape index (κ3) is 6.48. The second-order valence-electron chi connectivity index (χ2n) is 7.40. The molecule has 0 amide bonds. The van der Waals surface area contributed by atoms with Gasteiger partial charge in [0.15, 0.2) is 5.96 Å². The second kappa shape index (κ2) is 10.7. The average molecular weight is 508 g/mol. The number of hydrogen-bond donors (Lipinski definition) is 2. The Balaban J connectivity index is 0.00000240. The van der Waals surface area contributed by atoms with E-state index in [1.54, 1.807) is 7.05 Å². The molecule has 0 spiro atoms. The van der Waals surface area contributed by atoms with E-state index >= 15 is 0 Å². The molecule has 0 unspecified atom stereocenters. The van der Waals surface area contributed by atoms with Crippen molar-refractivity contribution in [2.75, 3.05) is 26.8 Å². The summed E-state index contributed by atoms with van der Waals surface area (Å²) >= 11 is 0. The van der Waals surface area contributed by atoms with E-state index in [1.165, 1.54) is 24.0 Å². The van der Waals surface area contributed by atoms with Crippen molar-refractivity contribution in [3.05, 3.63) is 53.2 Å². The molecular weight excluding hydrogens is 479 g/mol. The van der Waals surface area contributed by atoms with E-state index in [2.05, 4.69) is 38.8 Å². The molecule has 0 bridgehead atoms. The number of guanidine groups is 1. The highest BCUT2D eigenvalue weighted by atomic mass is 127. The molecule has 2 aromatic rings. The SMILES string of the molecule is CN=C(NCCc1ccc2c(c1)CCO2)NCc1ccc(OCC2CC2)nc1.I. The molecule has 1 fully saturated rings. The van der Waals surface area contributed by atoms with Gasteiger partial charge in [-0.2, -0.15) is 0 Å². The van der Waals surface area contributed by atoms with Crippen LogP contribution in [0.5, 0.6) is 11.6 Å². The first kappa shape index (κ1) is 21.7. The second-order valence-corrected chi connectivity index (χ2v) is 7.40. The maximum Gasteiger partial charge on any atom is 0.213 e. The van der Waals surface area contributed by atoms with E-state index in [0.717, 1.165) is 55.8 Å². The van der Waals surface area contributed by atoms with Crippen LogP contribution in [-0.2, 0) is 19.4 Å². The van der Waals surface area contributed by atoms with Gasteiger partial charge in [0.25, 0.3) is 0 Å². The topological polar surface area (TPSA) is 67.8 Å². The molecule has 0 saturated heterocycles. The standard InChI is InChI=1S/C22H28N4O2.HI/c1-23-22(24-10-8-16-4-6-20-19(12-16)9-11-27-20)26-14-18-5-7-21(25-13-18)28-15-17-2-3-17;/h4-7,12-13,17H,2-3,8-11,14-15H2,1H3,(H2,23,24,26);1H. The molecule has 29 heavy (non-hydrogen) atoms. The predicted octanol–water partition coefficient (Wildman–Crippen LogP) is 3.33. The van der Waals surface area contributed by atoms with Crippen LogP contribution in [0.3, 0.4) is 0 Å². The van der Waals surface area contributed by atoms with Crippen molar-refractivity contribution in [2.24, 2.45) is 10.9 Å². The number of ether oxygens (including phenoxy) is 2. The van der Waals surface area contributed by atoms with E-state index < -0.39 is 0 Å². The number of pyridine rings is 1. The number of nitrogens with zero attached hydrogens (tertiary/aromatic N) is 2. The molecule has 1 aliphatic carbocycles. The van der Waals surface area contributed by atoms with Gasteiger partial charge >= 0.3 is 0 Å². The monoisotopic (exact) mass is 508 g/mol. The van der Waals surface area contributed by atoms with Gasteiger partial charge in [0.2, 0.25) is 5.88 Å². The van der Waals surface area contributed by atoms with Crippen LogP contribution in [0, 0.1) is 5.92 Å². The minimum atomic E-state index is 0. The van der Waals surface area contributed by atoms with Gasteiger partial charge in [-0.1, -0.05) is 18.2 Å². The van der Waals surface area contributed by atoms with Crippen molar-refractivity contribution in [2.45, 2.75) is 32.2 Å². The molecule has 1 aromatic carbocycles. The van der Waals surface area contributed by atoms with Gasteiger partial charge in [-0.15, -0.1) is 24.0 Å². The van der Waals surface area contributed by atoms with Crippen molar-refractivity contribution in [3.63, 3.8) is 0 Å². The molecule has 7 heteroatoms. The maximum absolute atomic E-state index is 5.68. The number of hydrogen-bond acceptors (Lipinski definition) is 4. The summed E-state index contributed by atoms with van der Waals surface area (Å²) in [6.07, 6.45) is 6.39. The Kier molecular flexibility index (Phi) is 7.97. The first-order chi connectivity index (χ1) is 13.8. The van der Waals surface area contributed by atoms with Crippen LogP contribution in [0.15, 0.2) is 41.5 Å². The first-order valence-corrected chi connectivity index (χ1v) is 10.1. The summed E-state index contributed by atoms with van der Waals surface area (Å²) in [6, 6.07) is 10.4. The number of benzene rings is 1. The number of aliphatic imine (C=N–C) groups is 1. The fourth-order valence-corrected chi connectivity index (χ4v) is 3.22. The van der Waals surface area contributed by atoms with Gasteiger partial charge < -0.3 is 20.1 Å². The highest BCUT2D eigenvalue weighted by molar-refractivity contribution is 14.0. The number of aromatic nitrogens is 1. The lowest BCUT2D eigenvalue weighted by Gasteiger charge is -2.12. The minimum Gasteiger partial charge on any atom is -0.493 e. The Morgan fingerprint density at radius 2 is 2.07 bits per heavy atom. The van der Waals surface area contributed by atoms with Gasteiger partial charge in [0, 0.05) is 38.8 Å². The fourth-order valence-electron chi connectivity index (χ4n) is 3.22. The Bertz CT molecular complexity index is 822. The van der Waals surface area contributed by atoms with Crippen LogP contribution in [0.25, 0.3) is 0 Å². The summed E-state index contributed by atoms with van der Waals surface area (Å²) in [5, 5.41) is 6.70. The highest BCUT2D eigenvalue weighted by Crippen LogP contribution is 2.29. The average Bonchev–Trinajstić information content (AvgIpc) is 3.45. The molecular formula is C22H29IN4O2. The van der Waals surface area contributed by atoms with Crippen LogP contribution in [-0.4, -0.2) is 37.7 Å². The lowest BCUT2D eigenvalue weighted by Crippen LogP contribution is -2.37. The predicted molar refractivity (Wildman–Crippen MR) is 125 cm³/mol. The van der Waals surface area contributed by atoms with Gasteiger partial charge in [-0.05, 0) is 47.9 Å². The molecule has 2 N–H and O–H groups in total. The molecule has 0 atom stereocenters. The van der Waals surface area contributed by atoms with Crippen LogP contribution in [0.1, 0.15) is 29.5 Å². The van der Waals surface area contributed by atoms with Crippen molar-refractivity contribution >= 4 is 29.9 Å². The number of rotatable bonds is 8. The van der Waals surface area contributed by atoms with Crippen LogP contribution in [0.2, 0.25) is 0 Å². The summed E-state index contributed by atoms with van der Waals surface area (Å²) in [5.41, 5.74) is 3.73. The molecule has 0 radical (unpaired) electrons. The number of fused-ring (bicyclic) bond motifs is 1. The Hall–Kier alpha value is -2.03. The fraction of sp³-hybridized carbons (Fsp3) is 0.455. The van der Waals surface area contributed by atoms with E-state index in [9.17, 15) is 0 Å². The Labute approximate surface area is 189 Å². The molecule has 6 nitrogen and oxygen atoms in total. The summed E-state index contributed by atoms with van der Waals surface area (Å²) in [4.78, 5) is 8.67. The Morgan fingerprint density at radius 1 is 1.21 bits per heavy atom. The number of halogens is 1. The van der Waals surface area contributed by atoms with Crippen molar-refractivity contribution in [3.8, 4) is 11.6 Å². The molecule has 1 aromatic heterocycles. The van der Waals surface area contributed by atoms with E-state index in [0.29, 0.717) is 12.4 Å². The van der Waals surface area contributed by atoms with Crippen molar-refractivity contribution < 1.29 is 9.47 Å². The van der Waals surface area contributed by atoms with Gasteiger partial charge in [0.1, 0.15) is 5.75 Å². The molecule has 1 aliphatic heterocycles. The quantitative estimate of drug-likeness (QED) is 0.326. The largest absolute Gasteiger partial charge is 0.493 e. The number of nitrogens with one attached hydrogen (secondary N) is 2. The lowest BCUT2D eigenvalue weighted by molar-refractivity contribution is 0.288. The van der Waals surface area contributed by atoms with Gasteiger partial charge in [-0.25, -0.2) is 4.98 Å². The summed E-state index contributed by atoms with van der Waals surface area (Å²) in [6.45, 7) is 3.09. The summed E-state index contributed by atoms with van der Waals surface area (Å²) < 4.78 is 11.2. The molecule has 1 saturated carbocycles. The maximum atomic E-state index is 5.68. The van der Waals surface area contributed by atoms with Crippen molar-refractivity contribution in [1.82, 2.24) is 15.6 Å². The van der Waals surface area contributed by atoms with Gasteiger partial charge in [0.05, 0.1) is 13.2 Å². The van der Waals surface area contributed by atoms with Crippen molar-refractivity contribution in [1.29, 1.82) is 0 Å².